The molecule has 3 nitrogen and oxygen atoms in total. The Morgan fingerprint density at radius 3 is 3.00 bits per heavy atom. The van der Waals surface area contributed by atoms with E-state index in [1.165, 1.54) is 0 Å². The van der Waals surface area contributed by atoms with E-state index in [1.807, 2.05) is 31.2 Å². The molecule has 0 aliphatic carbocycles. The Morgan fingerprint density at radius 1 is 1.44 bits per heavy atom. The smallest absolute Gasteiger partial charge is 0.0948 e. The molecule has 1 atom stereocenters. The number of benzene rings is 1. The van der Waals surface area contributed by atoms with Crippen molar-refractivity contribution in [2.45, 2.75) is 13.0 Å². The van der Waals surface area contributed by atoms with Crippen LogP contribution in [0.2, 0.25) is 5.02 Å². The van der Waals surface area contributed by atoms with Gasteiger partial charge in [-0.3, -0.25) is 4.98 Å². The van der Waals surface area contributed by atoms with Crippen molar-refractivity contribution in [3.63, 3.8) is 0 Å². The highest BCUT2D eigenvalue weighted by molar-refractivity contribution is 6.35. The van der Waals surface area contributed by atoms with E-state index in [4.69, 9.17) is 17.3 Å². The van der Waals surface area contributed by atoms with Crippen LogP contribution in [0.4, 0.5) is 5.69 Å². The first-order valence-electron chi connectivity index (χ1n) is 5.22. The first-order chi connectivity index (χ1) is 7.72. The van der Waals surface area contributed by atoms with Gasteiger partial charge in [0.25, 0.3) is 0 Å². The second-order valence-corrected chi connectivity index (χ2v) is 4.18. The molecule has 0 radical (unpaired) electrons. The third-order valence-corrected chi connectivity index (χ3v) is 2.80. The maximum absolute atomic E-state index is 6.11. The molecular formula is C12H14ClN3. The largest absolute Gasteiger partial charge is 0.380 e. The van der Waals surface area contributed by atoms with Crippen molar-refractivity contribution in [3.8, 4) is 0 Å². The van der Waals surface area contributed by atoms with Crippen LogP contribution in [0.5, 0.6) is 0 Å². The Morgan fingerprint density at radius 2 is 2.25 bits per heavy atom. The van der Waals surface area contributed by atoms with Crippen molar-refractivity contribution in [2.24, 2.45) is 5.73 Å². The standard InChI is InChI=1S/C12H14ClN3/c1-8(7-14)16-11-5-4-10(13)9-3-2-6-15-12(9)11/h2-6,8,16H,7,14H2,1H3. The van der Waals surface area contributed by atoms with Crippen LogP contribution in [0.1, 0.15) is 6.92 Å². The summed E-state index contributed by atoms with van der Waals surface area (Å²) in [6.45, 7) is 2.61. The summed E-state index contributed by atoms with van der Waals surface area (Å²) in [5.41, 5.74) is 7.44. The average Bonchev–Trinajstić information content (AvgIpc) is 2.33. The van der Waals surface area contributed by atoms with Gasteiger partial charge in [0.15, 0.2) is 0 Å². The number of pyridine rings is 1. The molecule has 4 heteroatoms. The molecule has 0 spiro atoms. The van der Waals surface area contributed by atoms with Crippen molar-refractivity contribution in [1.29, 1.82) is 0 Å². The van der Waals surface area contributed by atoms with Gasteiger partial charge in [0, 0.05) is 24.2 Å². The highest BCUT2D eigenvalue weighted by atomic mass is 35.5. The summed E-state index contributed by atoms with van der Waals surface area (Å²) in [5, 5.41) is 4.99. The number of rotatable bonds is 3. The van der Waals surface area contributed by atoms with Crippen LogP contribution in [0.25, 0.3) is 10.9 Å². The van der Waals surface area contributed by atoms with Crippen LogP contribution in [-0.2, 0) is 0 Å². The molecule has 84 valence electrons. The topological polar surface area (TPSA) is 50.9 Å². The van der Waals surface area contributed by atoms with Gasteiger partial charge < -0.3 is 11.1 Å². The van der Waals surface area contributed by atoms with E-state index in [0.29, 0.717) is 11.6 Å². The molecule has 16 heavy (non-hydrogen) atoms. The van der Waals surface area contributed by atoms with E-state index in [1.54, 1.807) is 6.20 Å². The minimum Gasteiger partial charge on any atom is -0.380 e. The zero-order valence-electron chi connectivity index (χ0n) is 9.07. The highest BCUT2D eigenvalue weighted by Crippen LogP contribution is 2.28. The van der Waals surface area contributed by atoms with Gasteiger partial charge in [-0.1, -0.05) is 11.6 Å². The fraction of sp³-hybridized carbons (Fsp3) is 0.250. The third kappa shape index (κ3) is 2.10. The van der Waals surface area contributed by atoms with Crippen molar-refractivity contribution in [3.05, 3.63) is 35.5 Å². The molecule has 0 bridgehead atoms. The Bertz CT molecular complexity index is 499. The number of anilines is 1. The number of aromatic nitrogens is 1. The van der Waals surface area contributed by atoms with E-state index >= 15 is 0 Å². The lowest BCUT2D eigenvalue weighted by atomic mass is 10.1. The molecule has 1 unspecified atom stereocenters. The van der Waals surface area contributed by atoms with Crippen LogP contribution in [-0.4, -0.2) is 17.6 Å². The Labute approximate surface area is 99.6 Å². The Balaban J connectivity index is 2.50. The minimum atomic E-state index is 0.214. The van der Waals surface area contributed by atoms with Gasteiger partial charge in [-0.15, -0.1) is 0 Å². The number of nitrogens with one attached hydrogen (secondary N) is 1. The Kier molecular flexibility index (Phi) is 3.27. The van der Waals surface area contributed by atoms with Crippen LogP contribution in [0.15, 0.2) is 30.5 Å². The number of halogens is 1. The first kappa shape index (κ1) is 11.2. The summed E-state index contributed by atoms with van der Waals surface area (Å²) >= 11 is 6.11. The SMILES string of the molecule is CC(CN)Nc1ccc(Cl)c2cccnc12. The van der Waals surface area contributed by atoms with Gasteiger partial charge in [-0.25, -0.2) is 0 Å². The molecule has 0 aliphatic heterocycles. The van der Waals surface area contributed by atoms with Gasteiger partial charge in [0.2, 0.25) is 0 Å². The maximum atomic E-state index is 6.11. The lowest BCUT2D eigenvalue weighted by molar-refractivity contribution is 0.805. The van der Waals surface area contributed by atoms with E-state index in [9.17, 15) is 0 Å². The number of nitrogens with zero attached hydrogens (tertiary/aromatic N) is 1. The number of fused-ring (bicyclic) bond motifs is 1. The monoisotopic (exact) mass is 235 g/mol. The predicted octanol–water partition coefficient (Wildman–Crippen LogP) is 2.65. The fourth-order valence-corrected chi connectivity index (χ4v) is 1.79. The Hall–Kier alpha value is -1.32. The molecule has 3 N–H and O–H groups in total. The van der Waals surface area contributed by atoms with Crippen LogP contribution in [0, 0.1) is 0 Å². The summed E-state index contributed by atoms with van der Waals surface area (Å²) in [6, 6.07) is 7.86. The van der Waals surface area contributed by atoms with Crippen molar-refractivity contribution in [2.75, 3.05) is 11.9 Å². The average molecular weight is 236 g/mol. The number of hydrogen-bond donors (Lipinski definition) is 2. The zero-order chi connectivity index (χ0) is 11.5. The van der Waals surface area contributed by atoms with Crippen molar-refractivity contribution in [1.82, 2.24) is 4.98 Å². The van der Waals surface area contributed by atoms with Gasteiger partial charge in [0.1, 0.15) is 0 Å². The zero-order valence-corrected chi connectivity index (χ0v) is 9.83. The normalized spacial score (nSPS) is 12.7. The van der Waals surface area contributed by atoms with E-state index < -0.39 is 0 Å². The molecule has 0 saturated carbocycles. The van der Waals surface area contributed by atoms with E-state index in [-0.39, 0.29) is 6.04 Å². The van der Waals surface area contributed by atoms with Gasteiger partial charge in [0.05, 0.1) is 16.2 Å². The molecule has 0 amide bonds. The van der Waals surface area contributed by atoms with E-state index in [0.717, 1.165) is 16.6 Å². The third-order valence-electron chi connectivity index (χ3n) is 2.47. The number of nitrogens with two attached hydrogens (primary N) is 1. The summed E-state index contributed by atoms with van der Waals surface area (Å²) in [6.07, 6.45) is 1.76. The van der Waals surface area contributed by atoms with Gasteiger partial charge in [-0.05, 0) is 31.2 Å². The summed E-state index contributed by atoms with van der Waals surface area (Å²) in [5.74, 6) is 0. The lowest BCUT2D eigenvalue weighted by Gasteiger charge is -2.14. The molecule has 1 aromatic carbocycles. The molecular weight excluding hydrogens is 222 g/mol. The molecule has 0 saturated heterocycles. The van der Waals surface area contributed by atoms with Crippen molar-refractivity contribution >= 4 is 28.2 Å². The summed E-state index contributed by atoms with van der Waals surface area (Å²) < 4.78 is 0. The van der Waals surface area contributed by atoms with Crippen LogP contribution < -0.4 is 11.1 Å². The molecule has 2 rings (SSSR count). The van der Waals surface area contributed by atoms with Crippen molar-refractivity contribution < 1.29 is 0 Å². The van der Waals surface area contributed by atoms with Gasteiger partial charge in [-0.2, -0.15) is 0 Å². The molecule has 2 aromatic rings. The summed E-state index contributed by atoms with van der Waals surface area (Å²) in [4.78, 5) is 4.34. The van der Waals surface area contributed by atoms with Crippen LogP contribution >= 0.6 is 11.6 Å². The molecule has 0 aliphatic rings. The second kappa shape index (κ2) is 4.68. The number of hydrogen-bond acceptors (Lipinski definition) is 3. The quantitative estimate of drug-likeness (QED) is 0.860. The van der Waals surface area contributed by atoms with Gasteiger partial charge >= 0.3 is 0 Å². The predicted molar refractivity (Wildman–Crippen MR) is 68.9 cm³/mol. The highest BCUT2D eigenvalue weighted by Gasteiger charge is 2.07. The maximum Gasteiger partial charge on any atom is 0.0948 e. The first-order valence-corrected chi connectivity index (χ1v) is 5.60. The minimum absolute atomic E-state index is 0.214. The van der Waals surface area contributed by atoms with Crippen LogP contribution in [0.3, 0.4) is 0 Å². The lowest BCUT2D eigenvalue weighted by Crippen LogP contribution is -2.25. The molecule has 1 aromatic heterocycles. The summed E-state index contributed by atoms with van der Waals surface area (Å²) in [7, 11) is 0. The fourth-order valence-electron chi connectivity index (χ4n) is 1.58. The second-order valence-electron chi connectivity index (χ2n) is 3.78. The molecule has 0 fully saturated rings. The van der Waals surface area contributed by atoms with E-state index in [2.05, 4.69) is 10.3 Å². The molecule has 1 heterocycles.